The summed E-state index contributed by atoms with van der Waals surface area (Å²) >= 11 is 0. The van der Waals surface area contributed by atoms with Crippen LogP contribution in [0.3, 0.4) is 0 Å². The van der Waals surface area contributed by atoms with Gasteiger partial charge in [-0.1, -0.05) is 20.8 Å². The Hall–Kier alpha value is 0.00688. The molecule has 68 valence electrons. The van der Waals surface area contributed by atoms with Crippen molar-refractivity contribution >= 4 is 9.08 Å². The van der Waals surface area contributed by atoms with Gasteiger partial charge in [-0.15, -0.1) is 0 Å². The van der Waals surface area contributed by atoms with E-state index < -0.39 is 14.1 Å². The standard InChI is InChI=1S/C7H15F3Si/c1-4-7(5-2,6-3)11(8,9)10/h4-6H2,1-3H3. The largest absolute Gasteiger partial charge is 0.622 e. The molecule has 0 aromatic carbocycles. The molecule has 0 radical (unpaired) electrons. The summed E-state index contributed by atoms with van der Waals surface area (Å²) in [6, 6.07) is 0. The molecule has 0 saturated heterocycles. The fraction of sp³-hybridized carbons (Fsp3) is 1.00. The lowest BCUT2D eigenvalue weighted by atomic mass is 9.99. The zero-order valence-corrected chi connectivity index (χ0v) is 8.26. The highest BCUT2D eigenvalue weighted by molar-refractivity contribution is 6.62. The summed E-state index contributed by atoms with van der Waals surface area (Å²) in [4.78, 5) is 0. The SMILES string of the molecule is CCC(CC)(CC)[Si](F)(F)F. The molecule has 4 heteroatoms. The molecule has 11 heavy (non-hydrogen) atoms. The third-order valence-electron chi connectivity index (χ3n) is 2.63. The number of rotatable bonds is 4. The van der Waals surface area contributed by atoms with Gasteiger partial charge in [0, 0.05) is 0 Å². The Bertz CT molecular complexity index is 107. The monoisotopic (exact) mass is 184 g/mol. The van der Waals surface area contributed by atoms with Crippen molar-refractivity contribution in [3.8, 4) is 0 Å². The third-order valence-corrected chi connectivity index (χ3v) is 4.90. The Morgan fingerprint density at radius 1 is 0.909 bits per heavy atom. The molecule has 0 heterocycles. The van der Waals surface area contributed by atoms with Crippen molar-refractivity contribution in [2.75, 3.05) is 0 Å². The first-order valence-electron chi connectivity index (χ1n) is 4.00. The molecular formula is C7H15F3Si. The lowest BCUT2D eigenvalue weighted by Crippen LogP contribution is -2.35. The summed E-state index contributed by atoms with van der Waals surface area (Å²) in [5.74, 6) is 0. The normalized spacial score (nSPS) is 13.6. The fourth-order valence-electron chi connectivity index (χ4n) is 1.35. The predicted molar refractivity (Wildman–Crippen MR) is 42.6 cm³/mol. The Labute approximate surface area is 67.3 Å². The number of halogens is 3. The van der Waals surface area contributed by atoms with E-state index in [1.807, 2.05) is 0 Å². The average Bonchev–Trinajstić information content (AvgIpc) is 1.90. The van der Waals surface area contributed by atoms with Gasteiger partial charge in [0.2, 0.25) is 0 Å². The summed E-state index contributed by atoms with van der Waals surface area (Å²) in [7, 11) is -5.44. The molecule has 0 aliphatic heterocycles. The summed E-state index contributed by atoms with van der Waals surface area (Å²) < 4.78 is 37.5. The van der Waals surface area contributed by atoms with E-state index >= 15 is 0 Å². The van der Waals surface area contributed by atoms with Gasteiger partial charge < -0.3 is 0 Å². The van der Waals surface area contributed by atoms with E-state index in [9.17, 15) is 12.3 Å². The smallest absolute Gasteiger partial charge is 0.237 e. The maximum Gasteiger partial charge on any atom is 0.622 e. The molecule has 0 aliphatic carbocycles. The molecule has 0 bridgehead atoms. The van der Waals surface area contributed by atoms with Gasteiger partial charge in [0.15, 0.2) is 0 Å². The van der Waals surface area contributed by atoms with E-state index in [4.69, 9.17) is 0 Å². The van der Waals surface area contributed by atoms with Crippen LogP contribution < -0.4 is 0 Å². The first kappa shape index (κ1) is 11.0. The first-order valence-corrected chi connectivity index (χ1v) is 5.63. The maximum atomic E-state index is 12.5. The van der Waals surface area contributed by atoms with Crippen LogP contribution in [0.5, 0.6) is 0 Å². The second-order valence-electron chi connectivity index (χ2n) is 2.84. The van der Waals surface area contributed by atoms with Crippen LogP contribution in [0.2, 0.25) is 5.04 Å². The molecule has 0 rings (SSSR count). The summed E-state index contributed by atoms with van der Waals surface area (Å²) in [5, 5.41) is -1.30. The van der Waals surface area contributed by atoms with Crippen molar-refractivity contribution in [2.24, 2.45) is 0 Å². The summed E-state index contributed by atoms with van der Waals surface area (Å²) in [6.07, 6.45) is 0.737. The van der Waals surface area contributed by atoms with Crippen molar-refractivity contribution in [1.82, 2.24) is 0 Å². The van der Waals surface area contributed by atoms with Gasteiger partial charge in [0.1, 0.15) is 0 Å². The van der Waals surface area contributed by atoms with E-state index in [-0.39, 0.29) is 19.3 Å². The van der Waals surface area contributed by atoms with Crippen molar-refractivity contribution in [1.29, 1.82) is 0 Å². The Morgan fingerprint density at radius 3 is 1.18 bits per heavy atom. The minimum Gasteiger partial charge on any atom is -0.237 e. The Balaban J connectivity index is 4.54. The molecule has 0 aliphatic rings. The lowest BCUT2D eigenvalue weighted by molar-refractivity contribution is 0.326. The quantitative estimate of drug-likeness (QED) is 0.460. The molecule has 0 N–H and O–H groups in total. The van der Waals surface area contributed by atoms with Crippen molar-refractivity contribution < 1.29 is 12.3 Å². The van der Waals surface area contributed by atoms with E-state index in [1.54, 1.807) is 20.8 Å². The van der Waals surface area contributed by atoms with Gasteiger partial charge in [0.25, 0.3) is 0 Å². The highest BCUT2D eigenvalue weighted by Crippen LogP contribution is 2.49. The molecule has 0 saturated carbocycles. The third kappa shape index (κ3) is 1.98. The molecule has 0 aromatic heterocycles. The molecule has 0 atom stereocenters. The van der Waals surface area contributed by atoms with Crippen molar-refractivity contribution in [2.45, 2.75) is 45.1 Å². The molecule has 0 nitrogen and oxygen atoms in total. The lowest BCUT2D eigenvalue weighted by Gasteiger charge is -2.30. The summed E-state index contributed by atoms with van der Waals surface area (Å²) in [6.45, 7) is 4.90. The minimum atomic E-state index is -5.44. The van der Waals surface area contributed by atoms with Crippen LogP contribution in [0.4, 0.5) is 12.3 Å². The van der Waals surface area contributed by atoms with Crippen LogP contribution >= 0.6 is 0 Å². The predicted octanol–water partition coefficient (Wildman–Crippen LogP) is 3.80. The molecule has 0 unspecified atom stereocenters. The van der Waals surface area contributed by atoms with E-state index in [0.29, 0.717) is 0 Å². The van der Waals surface area contributed by atoms with Gasteiger partial charge >= 0.3 is 9.08 Å². The van der Waals surface area contributed by atoms with Crippen molar-refractivity contribution in [3.05, 3.63) is 0 Å². The second kappa shape index (κ2) is 3.60. The molecular weight excluding hydrogens is 169 g/mol. The van der Waals surface area contributed by atoms with Gasteiger partial charge in [-0.25, -0.2) is 12.3 Å². The maximum absolute atomic E-state index is 12.5. The summed E-state index contributed by atoms with van der Waals surface area (Å²) in [5.41, 5.74) is 0. The second-order valence-corrected chi connectivity index (χ2v) is 4.89. The van der Waals surface area contributed by atoms with Crippen LogP contribution in [0.25, 0.3) is 0 Å². The number of hydrogen-bond donors (Lipinski definition) is 0. The highest BCUT2D eigenvalue weighted by Gasteiger charge is 2.56. The van der Waals surface area contributed by atoms with Gasteiger partial charge in [-0.3, -0.25) is 0 Å². The molecule has 0 spiro atoms. The average molecular weight is 184 g/mol. The van der Waals surface area contributed by atoms with Gasteiger partial charge in [-0.05, 0) is 19.3 Å². The van der Waals surface area contributed by atoms with Crippen LogP contribution in [-0.2, 0) is 0 Å². The Morgan fingerprint density at radius 2 is 1.18 bits per heavy atom. The van der Waals surface area contributed by atoms with Crippen LogP contribution in [0.1, 0.15) is 40.0 Å². The minimum absolute atomic E-state index is 0.246. The highest BCUT2D eigenvalue weighted by atomic mass is 28.5. The zero-order chi connectivity index (χ0) is 9.12. The zero-order valence-electron chi connectivity index (χ0n) is 7.26. The van der Waals surface area contributed by atoms with Crippen molar-refractivity contribution in [3.63, 3.8) is 0 Å². The fourth-order valence-corrected chi connectivity index (χ4v) is 2.55. The molecule has 0 aromatic rings. The van der Waals surface area contributed by atoms with Gasteiger partial charge in [-0.2, -0.15) is 0 Å². The Kier molecular flexibility index (Phi) is 3.61. The van der Waals surface area contributed by atoms with Crippen LogP contribution in [0.15, 0.2) is 0 Å². The van der Waals surface area contributed by atoms with Gasteiger partial charge in [0.05, 0.1) is 5.04 Å². The van der Waals surface area contributed by atoms with Crippen LogP contribution in [0, 0.1) is 0 Å². The first-order chi connectivity index (χ1) is 4.93. The topological polar surface area (TPSA) is 0 Å². The molecule has 0 amide bonds. The van der Waals surface area contributed by atoms with E-state index in [2.05, 4.69) is 0 Å². The number of hydrogen-bond acceptors (Lipinski definition) is 0. The van der Waals surface area contributed by atoms with E-state index in [0.717, 1.165) is 0 Å². The van der Waals surface area contributed by atoms with Crippen LogP contribution in [-0.4, -0.2) is 9.08 Å². The van der Waals surface area contributed by atoms with E-state index in [1.165, 1.54) is 0 Å². The molecule has 0 fully saturated rings.